The molecule has 0 saturated carbocycles. The summed E-state index contributed by atoms with van der Waals surface area (Å²) in [7, 11) is 0. The number of allylic oxidation sites excluding steroid dienone is 3. The van der Waals surface area contributed by atoms with Gasteiger partial charge in [0.05, 0.1) is 0 Å². The van der Waals surface area contributed by atoms with Gasteiger partial charge in [0, 0.05) is 6.21 Å². The average molecular weight is 191 g/mol. The fourth-order valence-electron chi connectivity index (χ4n) is 0.604. The van der Waals surface area contributed by atoms with E-state index in [2.05, 4.69) is 11.6 Å². The number of halogens is 3. The Kier molecular flexibility index (Phi) is 4.45. The highest BCUT2D eigenvalue weighted by molar-refractivity contribution is 5.79. The zero-order chi connectivity index (χ0) is 10.5. The Morgan fingerprint density at radius 1 is 1.46 bits per heavy atom. The van der Waals surface area contributed by atoms with Gasteiger partial charge in [-0.2, -0.15) is 13.2 Å². The third-order valence-corrected chi connectivity index (χ3v) is 1.49. The van der Waals surface area contributed by atoms with Crippen LogP contribution in [-0.2, 0) is 0 Å². The molecule has 0 radical (unpaired) electrons. The lowest BCUT2D eigenvalue weighted by Gasteiger charge is -2.03. The second-order valence-corrected chi connectivity index (χ2v) is 2.42. The summed E-state index contributed by atoms with van der Waals surface area (Å²) in [6, 6.07) is 0. The van der Waals surface area contributed by atoms with E-state index in [0.29, 0.717) is 6.42 Å². The van der Waals surface area contributed by atoms with E-state index in [1.54, 1.807) is 13.0 Å². The molecular weight excluding hydrogens is 179 g/mol. The lowest BCUT2D eigenvalue weighted by Crippen LogP contribution is -2.08. The molecule has 0 aromatic carbocycles. The number of hydrogen-bond acceptors (Lipinski definition) is 1. The smallest absolute Gasteiger partial charge is 0.252 e. The minimum Gasteiger partial charge on any atom is -0.252 e. The highest BCUT2D eigenvalue weighted by Gasteiger charge is 2.31. The molecule has 0 bridgehead atoms. The van der Waals surface area contributed by atoms with Gasteiger partial charge in [0.25, 0.3) is 0 Å². The van der Waals surface area contributed by atoms with Crippen molar-refractivity contribution in [2.24, 2.45) is 4.99 Å². The Labute approximate surface area is 75.7 Å². The molecule has 0 amide bonds. The molecule has 4 heteroatoms. The molecule has 13 heavy (non-hydrogen) atoms. The topological polar surface area (TPSA) is 12.4 Å². The summed E-state index contributed by atoms with van der Waals surface area (Å²) < 4.78 is 35.6. The number of hydrogen-bond donors (Lipinski definition) is 0. The predicted molar refractivity (Wildman–Crippen MR) is 47.7 cm³/mol. The molecule has 0 fully saturated rings. The van der Waals surface area contributed by atoms with Crippen LogP contribution >= 0.6 is 0 Å². The highest BCUT2D eigenvalue weighted by Crippen LogP contribution is 2.24. The van der Waals surface area contributed by atoms with E-state index < -0.39 is 11.9 Å². The van der Waals surface area contributed by atoms with Gasteiger partial charge in [-0.05, 0) is 18.9 Å². The van der Waals surface area contributed by atoms with Crippen LogP contribution < -0.4 is 0 Å². The lowest BCUT2D eigenvalue weighted by molar-refractivity contribution is -0.0918. The standard InChI is InChI=1S/C9H12F3N/c1-4-8(5-2)6-13-7(3)9(10,11)12/h4,6H,3,5H2,1-2H3/b8-4-,13-6-. The molecule has 0 spiro atoms. The third-order valence-electron chi connectivity index (χ3n) is 1.49. The van der Waals surface area contributed by atoms with Crippen molar-refractivity contribution in [3.63, 3.8) is 0 Å². The molecule has 74 valence electrons. The molecule has 0 heterocycles. The van der Waals surface area contributed by atoms with Gasteiger partial charge in [-0.1, -0.05) is 19.6 Å². The van der Waals surface area contributed by atoms with E-state index in [-0.39, 0.29) is 0 Å². The second kappa shape index (κ2) is 4.84. The second-order valence-electron chi connectivity index (χ2n) is 2.42. The minimum absolute atomic E-state index is 0.658. The van der Waals surface area contributed by atoms with Crippen LogP contribution in [0.3, 0.4) is 0 Å². The number of alkyl halides is 3. The maximum absolute atomic E-state index is 11.9. The largest absolute Gasteiger partial charge is 0.432 e. The SMILES string of the molecule is C=C(/N=C\C(=C/C)CC)C(F)(F)F. The van der Waals surface area contributed by atoms with Crippen LogP contribution in [0.2, 0.25) is 0 Å². The predicted octanol–water partition coefficient (Wildman–Crippen LogP) is 3.49. The van der Waals surface area contributed by atoms with E-state index >= 15 is 0 Å². The summed E-state index contributed by atoms with van der Waals surface area (Å²) in [5.41, 5.74) is -0.314. The fraction of sp³-hybridized carbons (Fsp3) is 0.444. The monoisotopic (exact) mass is 191 g/mol. The van der Waals surface area contributed by atoms with Crippen molar-refractivity contribution in [2.75, 3.05) is 0 Å². The lowest BCUT2D eigenvalue weighted by atomic mass is 10.2. The average Bonchev–Trinajstić information content (AvgIpc) is 2.04. The fourth-order valence-corrected chi connectivity index (χ4v) is 0.604. The van der Waals surface area contributed by atoms with Crippen molar-refractivity contribution in [1.29, 1.82) is 0 Å². The maximum Gasteiger partial charge on any atom is 0.432 e. The normalized spacial score (nSPS) is 13.8. The third kappa shape index (κ3) is 4.50. The van der Waals surface area contributed by atoms with E-state index in [0.717, 1.165) is 5.57 Å². The molecule has 0 N–H and O–H groups in total. The Morgan fingerprint density at radius 3 is 2.31 bits per heavy atom. The number of nitrogens with zero attached hydrogens (tertiary/aromatic N) is 1. The van der Waals surface area contributed by atoms with Gasteiger partial charge in [-0.25, -0.2) is 0 Å². The Bertz CT molecular complexity index is 236. The van der Waals surface area contributed by atoms with Crippen molar-refractivity contribution in [1.82, 2.24) is 0 Å². The highest BCUT2D eigenvalue weighted by atomic mass is 19.4. The van der Waals surface area contributed by atoms with Gasteiger partial charge in [-0.15, -0.1) is 0 Å². The van der Waals surface area contributed by atoms with Gasteiger partial charge in [0.15, 0.2) is 0 Å². The summed E-state index contributed by atoms with van der Waals surface area (Å²) in [6.45, 7) is 6.41. The van der Waals surface area contributed by atoms with Crippen molar-refractivity contribution < 1.29 is 13.2 Å². The van der Waals surface area contributed by atoms with Crippen LogP contribution in [0.5, 0.6) is 0 Å². The molecule has 0 aromatic rings. The summed E-state index contributed by atoms with van der Waals surface area (Å²) in [5, 5.41) is 0. The van der Waals surface area contributed by atoms with Crippen molar-refractivity contribution in [3.05, 3.63) is 23.9 Å². The maximum atomic E-state index is 11.9. The number of rotatable bonds is 3. The quantitative estimate of drug-likeness (QED) is 0.605. The van der Waals surface area contributed by atoms with Crippen LogP contribution in [0.1, 0.15) is 20.3 Å². The molecule has 0 saturated heterocycles. The summed E-state index contributed by atoms with van der Waals surface area (Å²) >= 11 is 0. The molecule has 0 aromatic heterocycles. The van der Waals surface area contributed by atoms with Gasteiger partial charge in [0.2, 0.25) is 0 Å². The Morgan fingerprint density at radius 2 is 2.00 bits per heavy atom. The van der Waals surface area contributed by atoms with E-state index in [4.69, 9.17) is 0 Å². The Hall–Kier alpha value is -1.06. The van der Waals surface area contributed by atoms with Crippen molar-refractivity contribution in [2.45, 2.75) is 26.4 Å². The summed E-state index contributed by atoms with van der Waals surface area (Å²) in [6.07, 6.45) is -0.864. The van der Waals surface area contributed by atoms with Gasteiger partial charge < -0.3 is 0 Å². The Balaban J connectivity index is 4.37. The zero-order valence-corrected chi connectivity index (χ0v) is 7.65. The van der Waals surface area contributed by atoms with Crippen LogP contribution in [0.15, 0.2) is 28.9 Å². The molecule has 0 rings (SSSR count). The molecule has 1 nitrogen and oxygen atoms in total. The molecule has 0 atom stereocenters. The van der Waals surface area contributed by atoms with Crippen LogP contribution in [0, 0.1) is 0 Å². The molecule has 0 aliphatic rings. The first-order chi connectivity index (χ1) is 5.91. The summed E-state index contributed by atoms with van der Waals surface area (Å²) in [5.74, 6) is 0. The van der Waals surface area contributed by atoms with E-state index in [1.807, 2.05) is 6.92 Å². The van der Waals surface area contributed by atoms with Gasteiger partial charge >= 0.3 is 6.18 Å². The molecule has 0 aliphatic carbocycles. The van der Waals surface area contributed by atoms with Crippen molar-refractivity contribution >= 4 is 6.21 Å². The van der Waals surface area contributed by atoms with Crippen LogP contribution in [0.4, 0.5) is 13.2 Å². The van der Waals surface area contributed by atoms with E-state index in [1.165, 1.54) is 6.21 Å². The van der Waals surface area contributed by atoms with Crippen molar-refractivity contribution in [3.8, 4) is 0 Å². The first-order valence-corrected chi connectivity index (χ1v) is 3.87. The van der Waals surface area contributed by atoms with Gasteiger partial charge in [-0.3, -0.25) is 4.99 Å². The van der Waals surface area contributed by atoms with Gasteiger partial charge in [0.1, 0.15) is 5.70 Å². The first kappa shape index (κ1) is 11.9. The zero-order valence-electron chi connectivity index (χ0n) is 7.65. The van der Waals surface area contributed by atoms with E-state index in [9.17, 15) is 13.2 Å². The summed E-state index contributed by atoms with van der Waals surface area (Å²) in [4.78, 5) is 3.22. The van der Waals surface area contributed by atoms with Crippen LogP contribution in [0.25, 0.3) is 0 Å². The molecule has 0 aliphatic heterocycles. The molecular formula is C9H12F3N. The first-order valence-electron chi connectivity index (χ1n) is 3.87. The molecule has 0 unspecified atom stereocenters. The minimum atomic E-state index is -4.43. The number of aliphatic imine (C=N–C) groups is 1. The van der Waals surface area contributed by atoms with Crippen LogP contribution in [-0.4, -0.2) is 12.4 Å².